The average molecular weight is 485 g/mol. The minimum absolute atomic E-state index is 0.120. The highest BCUT2D eigenvalue weighted by Gasteiger charge is 2.38. The standard InChI is InChI=1S/C27H31F3N4O/c1-26(2)18-33(20-10-12-21(13-11-20)35-27(28,29)30)19-34(26)17-23-22-8-4-5-9-24(22)31-16-25(23)32-14-6-3-7-15-32/h4-5,8-13,16H,3,6-7,14-15,17-19H2,1-2H3. The molecule has 0 saturated carbocycles. The van der Waals surface area contributed by atoms with Gasteiger partial charge in [-0.3, -0.25) is 9.88 Å². The summed E-state index contributed by atoms with van der Waals surface area (Å²) in [5.41, 5.74) is 4.26. The van der Waals surface area contributed by atoms with Crippen LogP contribution in [0, 0.1) is 0 Å². The number of halogens is 3. The van der Waals surface area contributed by atoms with Crippen molar-refractivity contribution in [3.63, 3.8) is 0 Å². The SMILES string of the molecule is CC1(C)CN(c2ccc(OC(F)(F)F)cc2)CN1Cc1c(N2CCCCC2)cnc2ccccc12. The fourth-order valence-electron chi connectivity index (χ4n) is 5.26. The molecule has 3 aromatic rings. The molecule has 8 heteroatoms. The van der Waals surface area contributed by atoms with Gasteiger partial charge in [-0.2, -0.15) is 0 Å². The minimum Gasteiger partial charge on any atom is -0.406 e. The van der Waals surface area contributed by atoms with E-state index in [0.717, 1.165) is 37.4 Å². The van der Waals surface area contributed by atoms with E-state index in [2.05, 4.69) is 51.5 Å². The lowest BCUT2D eigenvalue weighted by Crippen LogP contribution is -2.40. The van der Waals surface area contributed by atoms with Crippen molar-refractivity contribution in [3.05, 3.63) is 60.3 Å². The van der Waals surface area contributed by atoms with Crippen LogP contribution in [-0.4, -0.2) is 48.1 Å². The molecule has 0 bridgehead atoms. The third kappa shape index (κ3) is 5.17. The third-order valence-electron chi connectivity index (χ3n) is 7.12. The number of benzene rings is 2. The first kappa shape index (κ1) is 23.7. The molecule has 0 spiro atoms. The summed E-state index contributed by atoms with van der Waals surface area (Å²) in [5.74, 6) is -0.203. The molecule has 0 unspecified atom stereocenters. The monoisotopic (exact) mass is 484 g/mol. The van der Waals surface area contributed by atoms with Gasteiger partial charge in [0.1, 0.15) is 5.75 Å². The zero-order valence-corrected chi connectivity index (χ0v) is 20.2. The molecule has 5 rings (SSSR count). The molecule has 0 radical (unpaired) electrons. The molecular formula is C27H31F3N4O. The van der Waals surface area contributed by atoms with Gasteiger partial charge >= 0.3 is 6.36 Å². The molecule has 2 aromatic carbocycles. The molecule has 186 valence electrons. The van der Waals surface area contributed by atoms with Gasteiger partial charge in [-0.15, -0.1) is 13.2 Å². The predicted octanol–water partition coefficient (Wildman–Crippen LogP) is 6.18. The molecule has 0 amide bonds. The summed E-state index contributed by atoms with van der Waals surface area (Å²) < 4.78 is 41.6. The van der Waals surface area contributed by atoms with E-state index in [0.29, 0.717) is 6.67 Å². The van der Waals surface area contributed by atoms with Crippen molar-refractivity contribution in [1.29, 1.82) is 0 Å². The van der Waals surface area contributed by atoms with Crippen LogP contribution in [0.4, 0.5) is 24.5 Å². The summed E-state index contributed by atoms with van der Waals surface area (Å²) in [6.45, 7) is 8.77. The topological polar surface area (TPSA) is 31.8 Å². The molecule has 2 aliphatic rings. The Kier molecular flexibility index (Phi) is 6.25. The smallest absolute Gasteiger partial charge is 0.406 e. The summed E-state index contributed by atoms with van der Waals surface area (Å²) in [7, 11) is 0. The summed E-state index contributed by atoms with van der Waals surface area (Å²) in [6, 6.07) is 14.5. The molecule has 2 saturated heterocycles. The van der Waals surface area contributed by atoms with Crippen molar-refractivity contribution < 1.29 is 17.9 Å². The number of fused-ring (bicyclic) bond motifs is 1. The van der Waals surface area contributed by atoms with Crippen LogP contribution >= 0.6 is 0 Å². The van der Waals surface area contributed by atoms with Gasteiger partial charge in [0.15, 0.2) is 0 Å². The number of rotatable bonds is 5. The summed E-state index contributed by atoms with van der Waals surface area (Å²) in [6.07, 6.45) is 1.01. The maximum absolute atomic E-state index is 12.5. The van der Waals surface area contributed by atoms with Gasteiger partial charge in [-0.25, -0.2) is 0 Å². The van der Waals surface area contributed by atoms with E-state index in [1.807, 2.05) is 12.3 Å². The summed E-state index contributed by atoms with van der Waals surface area (Å²) >= 11 is 0. The van der Waals surface area contributed by atoms with E-state index in [9.17, 15) is 13.2 Å². The Morgan fingerprint density at radius 3 is 2.37 bits per heavy atom. The molecule has 0 N–H and O–H groups in total. The van der Waals surface area contributed by atoms with Crippen LogP contribution in [0.15, 0.2) is 54.7 Å². The Labute approximate surface area is 204 Å². The van der Waals surface area contributed by atoms with Gasteiger partial charge in [0.25, 0.3) is 0 Å². The van der Waals surface area contributed by atoms with Gasteiger partial charge in [0, 0.05) is 48.4 Å². The Morgan fingerprint density at radius 1 is 0.943 bits per heavy atom. The van der Waals surface area contributed by atoms with Gasteiger partial charge < -0.3 is 14.5 Å². The van der Waals surface area contributed by atoms with Crippen LogP contribution in [0.1, 0.15) is 38.7 Å². The zero-order chi connectivity index (χ0) is 24.6. The van der Waals surface area contributed by atoms with Crippen LogP contribution in [0.25, 0.3) is 10.9 Å². The lowest BCUT2D eigenvalue weighted by molar-refractivity contribution is -0.274. The first-order chi connectivity index (χ1) is 16.7. The number of hydrogen-bond donors (Lipinski definition) is 0. The lowest BCUT2D eigenvalue weighted by atomic mass is 10.0. The predicted molar refractivity (Wildman–Crippen MR) is 133 cm³/mol. The van der Waals surface area contributed by atoms with E-state index in [1.54, 1.807) is 12.1 Å². The lowest BCUT2D eigenvalue weighted by Gasteiger charge is -2.34. The fraction of sp³-hybridized carbons (Fsp3) is 0.444. The van der Waals surface area contributed by atoms with Crippen LogP contribution in [0.5, 0.6) is 5.75 Å². The van der Waals surface area contributed by atoms with Crippen LogP contribution in [-0.2, 0) is 6.54 Å². The highest BCUT2D eigenvalue weighted by molar-refractivity contribution is 5.86. The van der Waals surface area contributed by atoms with Gasteiger partial charge in [0.2, 0.25) is 0 Å². The Morgan fingerprint density at radius 2 is 1.66 bits per heavy atom. The van der Waals surface area contributed by atoms with E-state index in [4.69, 9.17) is 4.98 Å². The number of aromatic nitrogens is 1. The third-order valence-corrected chi connectivity index (χ3v) is 7.12. The first-order valence-corrected chi connectivity index (χ1v) is 12.2. The van der Waals surface area contributed by atoms with Crippen molar-refractivity contribution in [2.24, 2.45) is 0 Å². The van der Waals surface area contributed by atoms with Crippen molar-refractivity contribution in [2.45, 2.75) is 51.6 Å². The normalized spacial score (nSPS) is 18.9. The molecular weight excluding hydrogens is 453 g/mol. The number of nitrogens with zero attached hydrogens (tertiary/aromatic N) is 4. The van der Waals surface area contributed by atoms with Crippen LogP contribution < -0.4 is 14.5 Å². The highest BCUT2D eigenvalue weighted by atomic mass is 19.4. The highest BCUT2D eigenvalue weighted by Crippen LogP contribution is 2.36. The van der Waals surface area contributed by atoms with Crippen molar-refractivity contribution in [2.75, 3.05) is 36.1 Å². The van der Waals surface area contributed by atoms with E-state index in [1.165, 1.54) is 48.0 Å². The first-order valence-electron chi connectivity index (χ1n) is 12.2. The Bertz CT molecular complexity index is 1170. The minimum atomic E-state index is -4.69. The number of ether oxygens (including phenoxy) is 1. The molecule has 1 aromatic heterocycles. The van der Waals surface area contributed by atoms with Crippen molar-refractivity contribution in [3.8, 4) is 5.75 Å². The zero-order valence-electron chi connectivity index (χ0n) is 20.2. The number of para-hydroxylation sites is 1. The second-order valence-corrected chi connectivity index (χ2v) is 10.1. The van der Waals surface area contributed by atoms with Crippen LogP contribution in [0.3, 0.4) is 0 Å². The molecule has 0 atom stereocenters. The average Bonchev–Trinajstić information content (AvgIpc) is 3.13. The second-order valence-electron chi connectivity index (χ2n) is 10.1. The number of anilines is 2. The second kappa shape index (κ2) is 9.22. The maximum atomic E-state index is 12.5. The number of piperidine rings is 1. The molecule has 0 aliphatic carbocycles. The maximum Gasteiger partial charge on any atom is 0.573 e. The number of hydrogen-bond acceptors (Lipinski definition) is 5. The van der Waals surface area contributed by atoms with E-state index in [-0.39, 0.29) is 11.3 Å². The van der Waals surface area contributed by atoms with Crippen molar-refractivity contribution in [1.82, 2.24) is 9.88 Å². The summed E-state index contributed by atoms with van der Waals surface area (Å²) in [5, 5.41) is 1.18. The molecule has 3 heterocycles. The molecule has 35 heavy (non-hydrogen) atoms. The Hall–Kier alpha value is -3.00. The fourth-order valence-corrected chi connectivity index (χ4v) is 5.26. The van der Waals surface area contributed by atoms with Gasteiger partial charge in [-0.05, 0) is 63.4 Å². The molecule has 2 aliphatic heterocycles. The Balaban J connectivity index is 1.41. The number of pyridine rings is 1. The molecule has 5 nitrogen and oxygen atoms in total. The van der Waals surface area contributed by atoms with Gasteiger partial charge in [-0.1, -0.05) is 18.2 Å². The summed E-state index contributed by atoms with van der Waals surface area (Å²) in [4.78, 5) is 11.9. The van der Waals surface area contributed by atoms with E-state index >= 15 is 0 Å². The largest absolute Gasteiger partial charge is 0.573 e. The van der Waals surface area contributed by atoms with E-state index < -0.39 is 6.36 Å². The van der Waals surface area contributed by atoms with Crippen LogP contribution in [0.2, 0.25) is 0 Å². The quantitative estimate of drug-likeness (QED) is 0.432. The van der Waals surface area contributed by atoms with Gasteiger partial charge in [0.05, 0.1) is 24.1 Å². The van der Waals surface area contributed by atoms with Crippen molar-refractivity contribution >= 4 is 22.3 Å². The number of alkyl halides is 3. The molecule has 2 fully saturated rings.